The Hall–Kier alpha value is -3.24. The van der Waals surface area contributed by atoms with Crippen molar-refractivity contribution in [1.29, 1.82) is 0 Å². The first kappa shape index (κ1) is 23.4. The van der Waals surface area contributed by atoms with Gasteiger partial charge in [-0.25, -0.2) is 0 Å². The van der Waals surface area contributed by atoms with Crippen LogP contribution in [-0.4, -0.2) is 45.4 Å². The molecule has 0 unspecified atom stereocenters. The van der Waals surface area contributed by atoms with Crippen LogP contribution in [0.5, 0.6) is 0 Å². The van der Waals surface area contributed by atoms with E-state index in [0.29, 0.717) is 16.4 Å². The highest BCUT2D eigenvalue weighted by Gasteiger charge is 2.26. The molecule has 3 aromatic rings. The summed E-state index contributed by atoms with van der Waals surface area (Å²) in [6.45, 7) is 3.77. The van der Waals surface area contributed by atoms with E-state index >= 15 is 0 Å². The monoisotopic (exact) mass is 455 g/mol. The predicted octanol–water partition coefficient (Wildman–Crippen LogP) is 2.81. The fraction of sp³-hybridized carbons (Fsp3) is 0.318. The van der Waals surface area contributed by atoms with Crippen molar-refractivity contribution in [2.75, 3.05) is 25.2 Å². The van der Waals surface area contributed by atoms with Crippen LogP contribution in [0.2, 0.25) is 0 Å². The van der Waals surface area contributed by atoms with Crippen molar-refractivity contribution in [2.45, 2.75) is 31.5 Å². The lowest BCUT2D eigenvalue weighted by molar-refractivity contribution is -0.893. The molecule has 2 aromatic carbocycles. The summed E-state index contributed by atoms with van der Waals surface area (Å²) in [5.74, 6) is 0.663. The summed E-state index contributed by atoms with van der Waals surface area (Å²) in [6.07, 6.45) is 0.894. The fourth-order valence-electron chi connectivity index (χ4n) is 3.48. The summed E-state index contributed by atoms with van der Waals surface area (Å²) in [7, 11) is 4.17. The molecule has 1 aromatic heterocycles. The summed E-state index contributed by atoms with van der Waals surface area (Å²) in [5, 5.41) is 23.3. The number of hydrogen-bond donors (Lipinski definition) is 2. The van der Waals surface area contributed by atoms with Gasteiger partial charge in [0.05, 0.1) is 24.8 Å². The normalized spacial score (nSPS) is 12.0. The highest BCUT2D eigenvalue weighted by Crippen LogP contribution is 2.26. The number of nitrogens with zero attached hydrogens (tertiary/aromatic N) is 4. The minimum absolute atomic E-state index is 0.0271. The molecule has 0 saturated carbocycles. The fourth-order valence-corrected chi connectivity index (χ4v) is 4.24. The Morgan fingerprint density at radius 3 is 2.56 bits per heavy atom. The van der Waals surface area contributed by atoms with Crippen molar-refractivity contribution in [3.8, 4) is 5.69 Å². The molecule has 0 radical (unpaired) electrons. The van der Waals surface area contributed by atoms with Crippen LogP contribution >= 0.6 is 11.8 Å². The number of benzene rings is 2. The van der Waals surface area contributed by atoms with Gasteiger partial charge < -0.3 is 10.2 Å². The molecule has 0 aliphatic heterocycles. The van der Waals surface area contributed by atoms with Crippen molar-refractivity contribution >= 4 is 29.0 Å². The van der Waals surface area contributed by atoms with Gasteiger partial charge in [-0.15, -0.1) is 10.2 Å². The first-order valence-corrected chi connectivity index (χ1v) is 11.3. The number of amides is 1. The van der Waals surface area contributed by atoms with Crippen LogP contribution in [0, 0.1) is 17.0 Å². The van der Waals surface area contributed by atoms with Crippen LogP contribution in [0.4, 0.5) is 11.4 Å². The molecule has 9 nitrogen and oxygen atoms in total. The second-order valence-electron chi connectivity index (χ2n) is 7.65. The van der Waals surface area contributed by atoms with Gasteiger partial charge in [-0.3, -0.25) is 19.5 Å². The quantitative estimate of drug-likeness (QED) is 0.292. The van der Waals surface area contributed by atoms with Gasteiger partial charge in [-0.05, 0) is 25.1 Å². The summed E-state index contributed by atoms with van der Waals surface area (Å²) in [6, 6.07) is 14.6. The molecular formula is C22H27N6O3S+. The second-order valence-corrected chi connectivity index (χ2v) is 8.59. The van der Waals surface area contributed by atoms with Gasteiger partial charge in [0.2, 0.25) is 5.91 Å². The van der Waals surface area contributed by atoms with Gasteiger partial charge in [0.1, 0.15) is 6.04 Å². The van der Waals surface area contributed by atoms with E-state index in [1.807, 2.05) is 34.9 Å². The Kier molecular flexibility index (Phi) is 7.60. The van der Waals surface area contributed by atoms with E-state index in [-0.39, 0.29) is 23.4 Å². The van der Waals surface area contributed by atoms with Crippen molar-refractivity contribution in [2.24, 2.45) is 0 Å². The molecule has 3 rings (SSSR count). The van der Waals surface area contributed by atoms with E-state index in [1.165, 1.54) is 22.7 Å². The molecule has 0 aliphatic carbocycles. The van der Waals surface area contributed by atoms with Crippen molar-refractivity contribution in [3.63, 3.8) is 0 Å². The SMILES string of the molecule is CC[C@H](c1nnc(SCC(=O)Nc2ccc(C)c([N+](=O)[O-])c2)n1-c1ccccc1)[NH+](C)C. The summed E-state index contributed by atoms with van der Waals surface area (Å²) < 4.78 is 2.00. The molecule has 2 N–H and O–H groups in total. The van der Waals surface area contributed by atoms with Gasteiger partial charge in [-0.2, -0.15) is 0 Å². The van der Waals surface area contributed by atoms with Gasteiger partial charge in [0.25, 0.3) is 5.69 Å². The number of carbonyl (C=O) groups excluding carboxylic acids is 1. The Morgan fingerprint density at radius 1 is 1.22 bits per heavy atom. The van der Waals surface area contributed by atoms with Crippen LogP contribution < -0.4 is 10.2 Å². The van der Waals surface area contributed by atoms with E-state index in [0.717, 1.165) is 17.9 Å². The number of rotatable bonds is 9. The van der Waals surface area contributed by atoms with E-state index in [9.17, 15) is 14.9 Å². The van der Waals surface area contributed by atoms with Crippen molar-refractivity contribution in [1.82, 2.24) is 14.8 Å². The highest BCUT2D eigenvalue weighted by molar-refractivity contribution is 7.99. The number of nitro benzene ring substituents is 1. The zero-order valence-corrected chi connectivity index (χ0v) is 19.3. The number of para-hydroxylation sites is 1. The number of carbonyl (C=O) groups is 1. The number of quaternary nitrogens is 1. The maximum absolute atomic E-state index is 12.5. The lowest BCUT2D eigenvalue weighted by Crippen LogP contribution is -3.06. The van der Waals surface area contributed by atoms with Gasteiger partial charge >= 0.3 is 0 Å². The molecule has 0 bridgehead atoms. The average Bonchev–Trinajstić information content (AvgIpc) is 3.18. The van der Waals surface area contributed by atoms with Gasteiger partial charge in [0.15, 0.2) is 11.0 Å². The second kappa shape index (κ2) is 10.4. The van der Waals surface area contributed by atoms with Crippen LogP contribution in [0.1, 0.15) is 30.8 Å². The van der Waals surface area contributed by atoms with E-state index in [2.05, 4.69) is 36.5 Å². The minimum atomic E-state index is -0.458. The number of nitro groups is 1. The molecule has 1 amide bonds. The Balaban J connectivity index is 1.80. The summed E-state index contributed by atoms with van der Waals surface area (Å²) in [4.78, 5) is 24.5. The first-order chi connectivity index (χ1) is 15.3. The lowest BCUT2D eigenvalue weighted by Gasteiger charge is -2.20. The Bertz CT molecular complexity index is 1100. The summed E-state index contributed by atoms with van der Waals surface area (Å²) in [5.41, 5.74) is 1.84. The number of aryl methyl sites for hydroxylation is 1. The van der Waals surface area contributed by atoms with Crippen LogP contribution in [0.3, 0.4) is 0 Å². The molecule has 1 heterocycles. The third kappa shape index (κ3) is 5.32. The first-order valence-electron chi connectivity index (χ1n) is 10.3. The van der Waals surface area contributed by atoms with E-state index < -0.39 is 4.92 Å². The smallest absolute Gasteiger partial charge is 0.274 e. The van der Waals surface area contributed by atoms with E-state index in [1.54, 1.807) is 19.1 Å². The third-order valence-electron chi connectivity index (χ3n) is 5.11. The lowest BCUT2D eigenvalue weighted by atomic mass is 10.2. The van der Waals surface area contributed by atoms with E-state index in [4.69, 9.17) is 0 Å². The predicted molar refractivity (Wildman–Crippen MR) is 124 cm³/mol. The van der Waals surface area contributed by atoms with Crippen LogP contribution in [0.25, 0.3) is 5.69 Å². The average molecular weight is 456 g/mol. The van der Waals surface area contributed by atoms with Crippen molar-refractivity contribution in [3.05, 3.63) is 70.0 Å². The molecule has 0 aliphatic rings. The number of hydrogen-bond acceptors (Lipinski definition) is 6. The van der Waals surface area contributed by atoms with Gasteiger partial charge in [0, 0.05) is 29.4 Å². The molecule has 1 atom stereocenters. The molecule has 0 spiro atoms. The number of anilines is 1. The zero-order chi connectivity index (χ0) is 23.3. The third-order valence-corrected chi connectivity index (χ3v) is 6.04. The number of aromatic nitrogens is 3. The Morgan fingerprint density at radius 2 is 1.94 bits per heavy atom. The topological polar surface area (TPSA) is 107 Å². The highest BCUT2D eigenvalue weighted by atomic mass is 32.2. The number of thioether (sulfide) groups is 1. The minimum Gasteiger partial charge on any atom is -0.331 e. The largest absolute Gasteiger partial charge is 0.331 e. The molecule has 0 fully saturated rings. The molecule has 32 heavy (non-hydrogen) atoms. The molecule has 10 heteroatoms. The maximum atomic E-state index is 12.5. The van der Waals surface area contributed by atoms with Crippen molar-refractivity contribution < 1.29 is 14.6 Å². The van der Waals surface area contributed by atoms with Crippen LogP contribution in [-0.2, 0) is 4.79 Å². The standard InChI is InChI=1S/C22H26N6O3S/c1-5-18(26(3)4)21-24-25-22(27(21)17-9-7-6-8-10-17)32-14-20(29)23-16-12-11-15(2)19(13-16)28(30)31/h6-13,18H,5,14H2,1-4H3,(H,23,29)/p+1/t18-/m1/s1. The molecule has 168 valence electrons. The maximum Gasteiger partial charge on any atom is 0.274 e. The Labute approximate surface area is 191 Å². The molecule has 0 saturated heterocycles. The molecular weight excluding hydrogens is 428 g/mol. The number of nitrogens with one attached hydrogen (secondary N) is 2. The summed E-state index contributed by atoms with van der Waals surface area (Å²) >= 11 is 1.28. The zero-order valence-electron chi connectivity index (χ0n) is 18.5. The van der Waals surface area contributed by atoms with Crippen LogP contribution in [0.15, 0.2) is 53.7 Å². The van der Waals surface area contributed by atoms with Gasteiger partial charge in [-0.1, -0.05) is 43.0 Å².